The minimum atomic E-state index is 0.858. The highest BCUT2D eigenvalue weighted by molar-refractivity contribution is 5.33. The minimum Gasteiger partial charge on any atom is -0.465 e. The fraction of sp³-hybridized carbons (Fsp3) is 0.636. The molecule has 1 atom stereocenters. The summed E-state index contributed by atoms with van der Waals surface area (Å²) in [5, 5.41) is 0. The smallest absolute Gasteiger partial charge is 0.129 e. The van der Waals surface area contributed by atoms with Gasteiger partial charge in [0.25, 0.3) is 0 Å². The number of rotatable bonds is 13. The predicted octanol–water partition coefficient (Wildman–Crippen LogP) is 7.31. The number of aryl methyl sites for hydroxylation is 1. The van der Waals surface area contributed by atoms with Crippen molar-refractivity contribution in [2.75, 3.05) is 0 Å². The molecule has 1 rings (SSSR count). The number of para-hydroxylation sites is 1. The van der Waals surface area contributed by atoms with Gasteiger partial charge in [-0.05, 0) is 49.3 Å². The lowest BCUT2D eigenvalue weighted by Crippen LogP contribution is -1.95. The molecule has 130 valence electrons. The largest absolute Gasteiger partial charge is 0.465 e. The van der Waals surface area contributed by atoms with Crippen molar-refractivity contribution in [1.82, 2.24) is 0 Å². The Labute approximate surface area is 144 Å². The van der Waals surface area contributed by atoms with Crippen molar-refractivity contribution in [1.29, 1.82) is 0 Å². The molecule has 0 aliphatic heterocycles. The van der Waals surface area contributed by atoms with Crippen LogP contribution in [-0.2, 0) is 6.42 Å². The Bertz CT molecular complexity index is 422. The molecule has 0 N–H and O–H groups in total. The second-order valence-corrected chi connectivity index (χ2v) is 6.71. The van der Waals surface area contributed by atoms with Crippen molar-refractivity contribution in [3.8, 4) is 5.75 Å². The van der Waals surface area contributed by atoms with E-state index in [2.05, 4.69) is 51.1 Å². The molecule has 23 heavy (non-hydrogen) atoms. The number of allylic oxidation sites excluding steroid dienone is 1. The van der Waals surface area contributed by atoms with Gasteiger partial charge < -0.3 is 4.74 Å². The standard InChI is InChI=1S/C22H36O/c1-4-6-7-8-9-14-19-23-22-18-13-12-17-21(22)16-11-10-15-20(3)5-2/h12-14,17-20H,4-11,15-16H2,1-3H3. The molecule has 1 unspecified atom stereocenters. The van der Waals surface area contributed by atoms with Gasteiger partial charge in [-0.15, -0.1) is 0 Å². The van der Waals surface area contributed by atoms with E-state index in [1.165, 1.54) is 56.9 Å². The number of hydrogen-bond donors (Lipinski definition) is 0. The second-order valence-electron chi connectivity index (χ2n) is 6.71. The molecule has 0 amide bonds. The maximum absolute atomic E-state index is 5.86. The van der Waals surface area contributed by atoms with E-state index in [-0.39, 0.29) is 0 Å². The van der Waals surface area contributed by atoms with Gasteiger partial charge in [-0.1, -0.05) is 77.5 Å². The lowest BCUT2D eigenvalue weighted by Gasteiger charge is -2.10. The molecule has 0 fully saturated rings. The van der Waals surface area contributed by atoms with Crippen molar-refractivity contribution in [2.45, 2.75) is 85.0 Å². The van der Waals surface area contributed by atoms with E-state index >= 15 is 0 Å². The Morgan fingerprint density at radius 1 is 1.00 bits per heavy atom. The topological polar surface area (TPSA) is 9.23 Å². The number of benzene rings is 1. The molecular formula is C22H36O. The third kappa shape index (κ3) is 9.48. The zero-order valence-electron chi connectivity index (χ0n) is 15.5. The van der Waals surface area contributed by atoms with Crippen LogP contribution < -0.4 is 4.74 Å². The zero-order valence-corrected chi connectivity index (χ0v) is 15.5. The predicted molar refractivity (Wildman–Crippen MR) is 102 cm³/mol. The van der Waals surface area contributed by atoms with Crippen LogP contribution in [0.15, 0.2) is 36.6 Å². The first-order chi connectivity index (χ1) is 11.3. The van der Waals surface area contributed by atoms with Crippen molar-refractivity contribution in [2.24, 2.45) is 5.92 Å². The Kier molecular flexibility index (Phi) is 11.4. The average Bonchev–Trinajstić information content (AvgIpc) is 2.58. The van der Waals surface area contributed by atoms with Crippen LogP contribution in [-0.4, -0.2) is 0 Å². The molecule has 0 spiro atoms. The summed E-state index contributed by atoms with van der Waals surface area (Å²) in [5.41, 5.74) is 1.34. The van der Waals surface area contributed by atoms with Gasteiger partial charge in [0, 0.05) is 0 Å². The minimum absolute atomic E-state index is 0.858. The molecule has 0 heterocycles. The van der Waals surface area contributed by atoms with Crippen molar-refractivity contribution in [3.63, 3.8) is 0 Å². The Morgan fingerprint density at radius 2 is 1.83 bits per heavy atom. The van der Waals surface area contributed by atoms with Crippen LogP contribution in [0.4, 0.5) is 0 Å². The van der Waals surface area contributed by atoms with Gasteiger partial charge in [0.05, 0.1) is 6.26 Å². The summed E-state index contributed by atoms with van der Waals surface area (Å²) in [5.74, 6) is 1.89. The molecule has 0 aliphatic rings. The molecule has 1 aromatic rings. The molecule has 0 saturated carbocycles. The van der Waals surface area contributed by atoms with Gasteiger partial charge in [-0.25, -0.2) is 0 Å². The van der Waals surface area contributed by atoms with E-state index in [9.17, 15) is 0 Å². The molecule has 0 aromatic heterocycles. The quantitative estimate of drug-likeness (QED) is 0.274. The van der Waals surface area contributed by atoms with E-state index in [4.69, 9.17) is 4.74 Å². The molecule has 0 saturated heterocycles. The van der Waals surface area contributed by atoms with E-state index < -0.39 is 0 Å². The molecule has 0 radical (unpaired) electrons. The van der Waals surface area contributed by atoms with Gasteiger partial charge >= 0.3 is 0 Å². The van der Waals surface area contributed by atoms with Gasteiger partial charge in [-0.3, -0.25) is 0 Å². The van der Waals surface area contributed by atoms with E-state index in [0.717, 1.165) is 24.5 Å². The number of unbranched alkanes of at least 4 members (excludes halogenated alkanes) is 5. The lowest BCUT2D eigenvalue weighted by molar-refractivity contribution is 0.463. The van der Waals surface area contributed by atoms with E-state index in [0.29, 0.717) is 0 Å². The summed E-state index contributed by atoms with van der Waals surface area (Å²) in [6, 6.07) is 8.47. The highest BCUT2D eigenvalue weighted by Crippen LogP contribution is 2.22. The Hall–Kier alpha value is -1.24. The molecule has 1 aromatic carbocycles. The van der Waals surface area contributed by atoms with E-state index in [1.54, 1.807) is 0 Å². The fourth-order valence-electron chi connectivity index (χ4n) is 2.72. The molecule has 1 nitrogen and oxygen atoms in total. The average molecular weight is 317 g/mol. The van der Waals surface area contributed by atoms with Crippen LogP contribution in [0.5, 0.6) is 5.75 Å². The SMILES string of the molecule is CCCCCCC=COc1ccccc1CCCCC(C)CC. The van der Waals surface area contributed by atoms with Crippen LogP contribution in [0.25, 0.3) is 0 Å². The van der Waals surface area contributed by atoms with Gasteiger partial charge in [-0.2, -0.15) is 0 Å². The fourth-order valence-corrected chi connectivity index (χ4v) is 2.72. The summed E-state index contributed by atoms with van der Waals surface area (Å²) < 4.78 is 5.86. The summed E-state index contributed by atoms with van der Waals surface area (Å²) in [6.45, 7) is 6.88. The second kappa shape index (κ2) is 13.2. The molecule has 1 heteroatoms. The van der Waals surface area contributed by atoms with Crippen LogP contribution in [0.2, 0.25) is 0 Å². The molecule has 0 bridgehead atoms. The third-order valence-electron chi connectivity index (χ3n) is 4.58. The monoisotopic (exact) mass is 316 g/mol. The number of ether oxygens (including phenoxy) is 1. The molecule has 0 aliphatic carbocycles. The highest BCUT2D eigenvalue weighted by atomic mass is 16.5. The highest BCUT2D eigenvalue weighted by Gasteiger charge is 2.03. The Morgan fingerprint density at radius 3 is 2.61 bits per heavy atom. The zero-order chi connectivity index (χ0) is 16.8. The summed E-state index contributed by atoms with van der Waals surface area (Å²) in [7, 11) is 0. The first-order valence-electron chi connectivity index (χ1n) is 9.67. The summed E-state index contributed by atoms with van der Waals surface area (Å²) in [6.07, 6.45) is 16.7. The van der Waals surface area contributed by atoms with Crippen molar-refractivity contribution in [3.05, 3.63) is 42.2 Å². The first kappa shape index (κ1) is 19.8. The van der Waals surface area contributed by atoms with Gasteiger partial charge in [0.2, 0.25) is 0 Å². The van der Waals surface area contributed by atoms with Crippen LogP contribution in [0, 0.1) is 5.92 Å². The third-order valence-corrected chi connectivity index (χ3v) is 4.58. The lowest BCUT2D eigenvalue weighted by atomic mass is 9.99. The van der Waals surface area contributed by atoms with Crippen LogP contribution in [0.1, 0.15) is 84.1 Å². The summed E-state index contributed by atoms with van der Waals surface area (Å²) in [4.78, 5) is 0. The van der Waals surface area contributed by atoms with Gasteiger partial charge in [0.1, 0.15) is 5.75 Å². The first-order valence-corrected chi connectivity index (χ1v) is 9.67. The summed E-state index contributed by atoms with van der Waals surface area (Å²) >= 11 is 0. The van der Waals surface area contributed by atoms with Crippen LogP contribution >= 0.6 is 0 Å². The van der Waals surface area contributed by atoms with Crippen molar-refractivity contribution < 1.29 is 4.74 Å². The van der Waals surface area contributed by atoms with Crippen LogP contribution in [0.3, 0.4) is 0 Å². The number of hydrogen-bond acceptors (Lipinski definition) is 1. The van der Waals surface area contributed by atoms with E-state index in [1.807, 2.05) is 6.26 Å². The maximum Gasteiger partial charge on any atom is 0.129 e. The normalized spacial score (nSPS) is 12.7. The molecular weight excluding hydrogens is 280 g/mol. The maximum atomic E-state index is 5.86. The van der Waals surface area contributed by atoms with Crippen molar-refractivity contribution >= 4 is 0 Å². The van der Waals surface area contributed by atoms with Gasteiger partial charge in [0.15, 0.2) is 0 Å². The Balaban J connectivity index is 2.31.